The highest BCUT2D eigenvalue weighted by Gasteiger charge is 2.43. The van der Waals surface area contributed by atoms with Crippen LogP contribution in [0.3, 0.4) is 0 Å². The lowest BCUT2D eigenvalue weighted by atomic mass is 10.1. The third kappa shape index (κ3) is 5.12. The van der Waals surface area contributed by atoms with Crippen LogP contribution in [0.15, 0.2) is 58.1 Å². The van der Waals surface area contributed by atoms with Crippen LogP contribution in [-0.4, -0.2) is 41.6 Å². The molecule has 2 heterocycles. The Labute approximate surface area is 179 Å². The largest absolute Gasteiger partial charge is 0.368 e. The summed E-state index contributed by atoms with van der Waals surface area (Å²) in [6.07, 6.45) is 5.61. The van der Waals surface area contributed by atoms with E-state index in [1.54, 1.807) is 0 Å². The van der Waals surface area contributed by atoms with Crippen molar-refractivity contribution >= 4 is 27.7 Å². The van der Waals surface area contributed by atoms with Crippen molar-refractivity contribution in [1.82, 2.24) is 4.90 Å². The molecule has 0 bridgehead atoms. The predicted octanol–water partition coefficient (Wildman–Crippen LogP) is 3.57. The molecule has 1 aromatic carbocycles. The SMILES string of the molecule is CCCN(CCCC1=C(C)N=C(N)S12OC(=O)C=CC(=O)O2)CCc1ccccc1. The Hall–Kier alpha value is -2.58. The first-order valence-corrected chi connectivity index (χ1v) is 11.7. The minimum atomic E-state index is -2.80. The van der Waals surface area contributed by atoms with E-state index in [-0.39, 0.29) is 5.17 Å². The number of hydrogen-bond donors (Lipinski definition) is 1. The molecule has 0 radical (unpaired) electrons. The van der Waals surface area contributed by atoms with E-state index in [1.807, 2.05) is 13.0 Å². The van der Waals surface area contributed by atoms with Gasteiger partial charge in [-0.3, -0.25) is 0 Å². The van der Waals surface area contributed by atoms with Gasteiger partial charge in [0, 0.05) is 18.7 Å². The molecular formula is C22H29N3O4S. The summed E-state index contributed by atoms with van der Waals surface area (Å²) in [4.78, 5) is 31.4. The molecule has 8 heteroatoms. The van der Waals surface area contributed by atoms with E-state index in [0.29, 0.717) is 17.0 Å². The summed E-state index contributed by atoms with van der Waals surface area (Å²) in [7, 11) is -2.80. The minimum absolute atomic E-state index is 0.0647. The van der Waals surface area contributed by atoms with Gasteiger partial charge in [0.1, 0.15) is 0 Å². The molecule has 1 aromatic rings. The molecule has 0 aliphatic carbocycles. The predicted molar refractivity (Wildman–Crippen MR) is 119 cm³/mol. The standard InChI is InChI=1S/C22H29N3O4S/c1-3-14-25(16-13-18-8-5-4-6-9-18)15-7-10-19-17(2)24-22(23)30(19)28-20(26)11-12-21(27)29-30/h4-6,8-9,11-12H,3,7,10,13-16H2,1-2H3,(H2,23,24). The van der Waals surface area contributed by atoms with Crippen molar-refractivity contribution < 1.29 is 18.0 Å². The van der Waals surface area contributed by atoms with Crippen LogP contribution in [0, 0.1) is 0 Å². The van der Waals surface area contributed by atoms with E-state index >= 15 is 0 Å². The molecule has 2 aliphatic heterocycles. The minimum Gasteiger partial charge on any atom is -0.368 e. The molecule has 2 N–H and O–H groups in total. The molecule has 30 heavy (non-hydrogen) atoms. The van der Waals surface area contributed by atoms with Gasteiger partial charge in [-0.1, -0.05) is 37.3 Å². The lowest BCUT2D eigenvalue weighted by Crippen LogP contribution is -2.29. The zero-order chi connectivity index (χ0) is 21.6. The van der Waals surface area contributed by atoms with Crippen molar-refractivity contribution in [2.45, 2.75) is 39.5 Å². The van der Waals surface area contributed by atoms with Crippen molar-refractivity contribution in [3.8, 4) is 0 Å². The first kappa shape index (κ1) is 22.1. The Morgan fingerprint density at radius 2 is 1.67 bits per heavy atom. The molecule has 1 spiro atoms. The van der Waals surface area contributed by atoms with E-state index in [9.17, 15) is 9.59 Å². The zero-order valence-corrected chi connectivity index (χ0v) is 18.3. The van der Waals surface area contributed by atoms with E-state index in [2.05, 4.69) is 41.1 Å². The van der Waals surface area contributed by atoms with Crippen molar-refractivity contribution in [2.75, 3.05) is 19.6 Å². The Kier molecular flexibility index (Phi) is 7.33. The number of rotatable bonds is 9. The van der Waals surface area contributed by atoms with Gasteiger partial charge in [0.2, 0.25) is 5.17 Å². The van der Waals surface area contributed by atoms with Gasteiger partial charge in [0.05, 0.1) is 10.6 Å². The number of nitrogens with two attached hydrogens (primary N) is 1. The smallest absolute Gasteiger partial charge is 0.354 e. The average molecular weight is 432 g/mol. The highest BCUT2D eigenvalue weighted by molar-refractivity contribution is 8.41. The number of hydrogen-bond acceptors (Lipinski definition) is 7. The van der Waals surface area contributed by atoms with Crippen LogP contribution in [-0.2, 0) is 24.4 Å². The second kappa shape index (κ2) is 9.95. The van der Waals surface area contributed by atoms with Crippen LogP contribution in [0.4, 0.5) is 0 Å². The Balaban J connectivity index is 1.63. The maximum absolute atomic E-state index is 12.0. The number of carbonyl (C=O) groups is 2. The van der Waals surface area contributed by atoms with E-state index in [1.165, 1.54) is 5.56 Å². The maximum atomic E-state index is 12.0. The molecule has 0 amide bonds. The van der Waals surface area contributed by atoms with Gasteiger partial charge < -0.3 is 19.0 Å². The van der Waals surface area contributed by atoms with Crippen molar-refractivity contribution in [3.05, 3.63) is 58.6 Å². The summed E-state index contributed by atoms with van der Waals surface area (Å²) in [6.45, 7) is 6.84. The lowest BCUT2D eigenvalue weighted by molar-refractivity contribution is -0.129. The topological polar surface area (TPSA) is 94.2 Å². The monoisotopic (exact) mass is 431 g/mol. The van der Waals surface area contributed by atoms with Crippen LogP contribution in [0.25, 0.3) is 0 Å². The van der Waals surface area contributed by atoms with Crippen LogP contribution in [0.2, 0.25) is 0 Å². The molecule has 0 aromatic heterocycles. The lowest BCUT2D eigenvalue weighted by Gasteiger charge is -2.37. The number of allylic oxidation sites excluding steroid dienone is 2. The van der Waals surface area contributed by atoms with Gasteiger partial charge in [-0.05, 0) is 61.8 Å². The number of benzene rings is 1. The molecule has 162 valence electrons. The fraction of sp³-hybridized carbons (Fsp3) is 0.409. The Morgan fingerprint density at radius 3 is 2.30 bits per heavy atom. The van der Waals surface area contributed by atoms with E-state index in [0.717, 1.165) is 51.0 Å². The molecule has 0 saturated heterocycles. The molecule has 2 aliphatic rings. The first-order chi connectivity index (χ1) is 14.4. The summed E-state index contributed by atoms with van der Waals surface area (Å²) in [5.74, 6) is -1.28. The zero-order valence-electron chi connectivity index (χ0n) is 17.5. The third-order valence-corrected chi connectivity index (χ3v) is 7.60. The van der Waals surface area contributed by atoms with Crippen molar-refractivity contribution in [1.29, 1.82) is 0 Å². The summed E-state index contributed by atoms with van der Waals surface area (Å²) in [5, 5.41) is 0.0647. The number of carbonyl (C=O) groups excluding carboxylic acids is 2. The molecule has 0 atom stereocenters. The summed E-state index contributed by atoms with van der Waals surface area (Å²) < 4.78 is 11.0. The van der Waals surface area contributed by atoms with Gasteiger partial charge in [0.25, 0.3) is 0 Å². The Bertz CT molecular complexity index is 860. The van der Waals surface area contributed by atoms with Crippen LogP contribution in [0.5, 0.6) is 0 Å². The molecule has 3 rings (SSSR count). The average Bonchev–Trinajstić information content (AvgIpc) is 2.85. The third-order valence-electron chi connectivity index (χ3n) is 5.01. The quantitative estimate of drug-likeness (QED) is 0.642. The van der Waals surface area contributed by atoms with Crippen LogP contribution in [0.1, 0.15) is 38.7 Å². The number of nitrogens with zero attached hydrogens (tertiary/aromatic N) is 2. The van der Waals surface area contributed by atoms with E-state index < -0.39 is 22.5 Å². The summed E-state index contributed by atoms with van der Waals surface area (Å²) in [6, 6.07) is 10.4. The highest BCUT2D eigenvalue weighted by Crippen LogP contribution is 2.64. The summed E-state index contributed by atoms with van der Waals surface area (Å²) in [5.41, 5.74) is 8.05. The second-order valence-electron chi connectivity index (χ2n) is 7.28. The van der Waals surface area contributed by atoms with E-state index in [4.69, 9.17) is 14.1 Å². The molecular weight excluding hydrogens is 402 g/mol. The molecule has 0 unspecified atom stereocenters. The van der Waals surface area contributed by atoms with Crippen LogP contribution >= 0.6 is 10.6 Å². The Morgan fingerprint density at radius 1 is 1.00 bits per heavy atom. The fourth-order valence-electron chi connectivity index (χ4n) is 3.60. The normalized spacial score (nSPS) is 19.0. The van der Waals surface area contributed by atoms with Gasteiger partial charge in [-0.25, -0.2) is 14.6 Å². The van der Waals surface area contributed by atoms with Crippen LogP contribution < -0.4 is 5.73 Å². The summed E-state index contributed by atoms with van der Waals surface area (Å²) >= 11 is 0. The second-order valence-corrected chi connectivity index (χ2v) is 9.53. The highest BCUT2D eigenvalue weighted by atomic mass is 32.3. The van der Waals surface area contributed by atoms with Gasteiger partial charge in [-0.15, -0.1) is 0 Å². The van der Waals surface area contributed by atoms with Gasteiger partial charge >= 0.3 is 11.9 Å². The van der Waals surface area contributed by atoms with Crippen molar-refractivity contribution in [3.63, 3.8) is 0 Å². The first-order valence-electron chi connectivity index (χ1n) is 10.2. The molecule has 0 fully saturated rings. The maximum Gasteiger partial charge on any atom is 0.354 e. The fourth-order valence-corrected chi connectivity index (χ4v) is 5.93. The molecule has 0 saturated carbocycles. The number of amidine groups is 1. The van der Waals surface area contributed by atoms with Gasteiger partial charge in [0.15, 0.2) is 0 Å². The van der Waals surface area contributed by atoms with Gasteiger partial charge in [-0.2, -0.15) is 0 Å². The molecule has 7 nitrogen and oxygen atoms in total. The van der Waals surface area contributed by atoms with Crippen molar-refractivity contribution in [2.24, 2.45) is 10.7 Å². The number of aliphatic imine (C=N–C) groups is 1.